The molecule has 0 fully saturated rings. The molecule has 0 spiro atoms. The van der Waals surface area contributed by atoms with Gasteiger partial charge in [-0.25, -0.2) is 18.9 Å². The quantitative estimate of drug-likeness (QED) is 0.498. The normalized spacial score (nSPS) is 11.3. The molecule has 0 aliphatic heterocycles. The molecule has 0 bridgehead atoms. The number of hydrogen-bond acceptors (Lipinski definition) is 5. The van der Waals surface area contributed by atoms with Crippen LogP contribution in [0.5, 0.6) is 0 Å². The highest BCUT2D eigenvalue weighted by molar-refractivity contribution is 7.98. The number of fused-ring (bicyclic) bond motifs is 1. The summed E-state index contributed by atoms with van der Waals surface area (Å²) in [4.78, 5) is 9.76. The summed E-state index contributed by atoms with van der Waals surface area (Å²) in [5.41, 5.74) is 10.1. The highest BCUT2D eigenvalue weighted by atomic mass is 35.5. The van der Waals surface area contributed by atoms with Gasteiger partial charge in [0, 0.05) is 17.3 Å². The van der Waals surface area contributed by atoms with E-state index in [4.69, 9.17) is 22.3 Å². The Bertz CT molecular complexity index is 1170. The minimum Gasteiger partial charge on any atom is -0.384 e. The Morgan fingerprint density at radius 1 is 1.15 bits per heavy atom. The first-order valence-electron chi connectivity index (χ1n) is 8.09. The van der Waals surface area contributed by atoms with Crippen molar-refractivity contribution in [3.8, 4) is 22.5 Å². The third-order valence-corrected chi connectivity index (χ3v) is 5.15. The Morgan fingerprint density at radius 2 is 1.96 bits per heavy atom. The van der Waals surface area contributed by atoms with E-state index in [0.29, 0.717) is 27.9 Å². The van der Waals surface area contributed by atoms with E-state index in [2.05, 4.69) is 10.1 Å². The van der Waals surface area contributed by atoms with E-state index in [9.17, 15) is 4.39 Å². The molecule has 0 saturated heterocycles. The first-order chi connectivity index (χ1) is 13.0. The number of aromatic nitrogens is 4. The molecule has 136 valence electrons. The van der Waals surface area contributed by atoms with Crippen molar-refractivity contribution in [1.29, 1.82) is 0 Å². The Hall–Kier alpha value is -2.64. The maximum Gasteiger partial charge on any atom is 0.168 e. The van der Waals surface area contributed by atoms with E-state index >= 15 is 0 Å². The van der Waals surface area contributed by atoms with Crippen molar-refractivity contribution in [2.75, 3.05) is 12.0 Å². The van der Waals surface area contributed by atoms with Gasteiger partial charge in [-0.2, -0.15) is 5.10 Å². The standard InChI is InChI=1S/C19H15ClFN5S/c1-10-7-11(3-4-13(10)21)17-18(12-5-6-23-16(22)8-12)26-19(24-17)14(27-2)9-15(20)25-26/h3-9H,1-2H3,(H2,22,23). The summed E-state index contributed by atoms with van der Waals surface area (Å²) < 4.78 is 15.5. The lowest BCUT2D eigenvalue weighted by atomic mass is 10.0. The molecule has 0 aliphatic rings. The molecule has 3 heterocycles. The van der Waals surface area contributed by atoms with Crippen molar-refractivity contribution in [2.45, 2.75) is 11.8 Å². The summed E-state index contributed by atoms with van der Waals surface area (Å²) in [6, 6.07) is 10.3. The number of nitrogens with two attached hydrogens (primary N) is 1. The molecule has 2 N–H and O–H groups in total. The number of imidazole rings is 1. The van der Waals surface area contributed by atoms with Crippen LogP contribution in [0.4, 0.5) is 10.2 Å². The van der Waals surface area contributed by atoms with Crippen molar-refractivity contribution in [1.82, 2.24) is 19.6 Å². The number of nitrogen functional groups attached to an aromatic ring is 1. The van der Waals surface area contributed by atoms with Gasteiger partial charge in [0.25, 0.3) is 0 Å². The summed E-state index contributed by atoms with van der Waals surface area (Å²) in [5, 5.41) is 4.80. The van der Waals surface area contributed by atoms with Gasteiger partial charge in [-0.15, -0.1) is 11.8 Å². The molecular weight excluding hydrogens is 385 g/mol. The molecule has 0 saturated carbocycles. The van der Waals surface area contributed by atoms with Crippen LogP contribution < -0.4 is 5.73 Å². The molecule has 0 unspecified atom stereocenters. The van der Waals surface area contributed by atoms with Gasteiger partial charge in [0.15, 0.2) is 10.8 Å². The molecule has 8 heteroatoms. The zero-order valence-electron chi connectivity index (χ0n) is 14.6. The number of thioether (sulfide) groups is 1. The van der Waals surface area contributed by atoms with Gasteiger partial charge in [-0.05, 0) is 55.1 Å². The second kappa shape index (κ2) is 6.83. The molecule has 0 atom stereocenters. The molecule has 5 nitrogen and oxygen atoms in total. The van der Waals surface area contributed by atoms with E-state index in [1.165, 1.54) is 17.8 Å². The first-order valence-corrected chi connectivity index (χ1v) is 9.70. The number of halogens is 2. The number of hydrogen-bond donors (Lipinski definition) is 1. The fourth-order valence-corrected chi connectivity index (χ4v) is 3.76. The molecule has 27 heavy (non-hydrogen) atoms. The Balaban J connectivity index is 2.11. The van der Waals surface area contributed by atoms with Crippen molar-refractivity contribution in [2.24, 2.45) is 0 Å². The number of anilines is 1. The average Bonchev–Trinajstić information content (AvgIpc) is 3.02. The van der Waals surface area contributed by atoms with E-state index in [0.717, 1.165) is 21.7 Å². The van der Waals surface area contributed by atoms with Crippen molar-refractivity contribution in [3.05, 3.63) is 59.1 Å². The predicted octanol–water partition coefficient (Wildman–Crippen LogP) is 4.86. The first kappa shape index (κ1) is 17.8. The number of aryl methyl sites for hydroxylation is 1. The minimum atomic E-state index is -0.261. The lowest BCUT2D eigenvalue weighted by molar-refractivity contribution is 0.619. The van der Waals surface area contributed by atoms with Crippen LogP contribution in [0.25, 0.3) is 28.2 Å². The summed E-state index contributed by atoms with van der Waals surface area (Å²) in [7, 11) is 0. The van der Waals surface area contributed by atoms with Gasteiger partial charge in [0.1, 0.15) is 17.3 Å². The molecule has 4 rings (SSSR count). The number of nitrogens with zero attached hydrogens (tertiary/aromatic N) is 4. The minimum absolute atomic E-state index is 0.261. The fourth-order valence-electron chi connectivity index (χ4n) is 2.96. The summed E-state index contributed by atoms with van der Waals surface area (Å²) in [6.07, 6.45) is 3.58. The van der Waals surface area contributed by atoms with E-state index in [1.807, 2.05) is 12.3 Å². The average molecular weight is 400 g/mol. The zero-order chi connectivity index (χ0) is 19.1. The largest absolute Gasteiger partial charge is 0.384 e. The molecule has 0 aliphatic carbocycles. The Morgan fingerprint density at radius 3 is 2.67 bits per heavy atom. The van der Waals surface area contributed by atoms with Crippen molar-refractivity contribution >= 4 is 34.8 Å². The van der Waals surface area contributed by atoms with E-state index in [1.54, 1.807) is 41.9 Å². The molecule has 0 radical (unpaired) electrons. The Kier molecular flexibility index (Phi) is 4.49. The summed E-state index contributed by atoms with van der Waals surface area (Å²) in [5.74, 6) is 0.124. The maximum atomic E-state index is 13.8. The number of pyridine rings is 1. The molecule has 3 aromatic heterocycles. The second-order valence-electron chi connectivity index (χ2n) is 6.01. The highest BCUT2D eigenvalue weighted by Crippen LogP contribution is 2.36. The maximum absolute atomic E-state index is 13.8. The zero-order valence-corrected chi connectivity index (χ0v) is 16.1. The topological polar surface area (TPSA) is 69.1 Å². The predicted molar refractivity (Wildman–Crippen MR) is 108 cm³/mol. The van der Waals surface area contributed by atoms with Crippen molar-refractivity contribution in [3.63, 3.8) is 0 Å². The van der Waals surface area contributed by atoms with E-state index < -0.39 is 0 Å². The van der Waals surface area contributed by atoms with Gasteiger partial charge in [-0.1, -0.05) is 11.6 Å². The Labute approximate surface area is 164 Å². The van der Waals surface area contributed by atoms with Crippen LogP contribution >= 0.6 is 23.4 Å². The number of rotatable bonds is 3. The van der Waals surface area contributed by atoms with Crippen LogP contribution in [-0.4, -0.2) is 25.8 Å². The lowest BCUT2D eigenvalue weighted by Gasteiger charge is -2.07. The number of benzene rings is 1. The van der Waals surface area contributed by atoms with Crippen LogP contribution in [-0.2, 0) is 0 Å². The fraction of sp³-hybridized carbons (Fsp3) is 0.105. The van der Waals surface area contributed by atoms with Gasteiger partial charge in [-0.3, -0.25) is 0 Å². The van der Waals surface area contributed by atoms with Crippen LogP contribution in [0.15, 0.2) is 47.5 Å². The molecule has 0 amide bonds. The molecule has 4 aromatic rings. The second-order valence-corrected chi connectivity index (χ2v) is 7.25. The van der Waals surface area contributed by atoms with Crippen LogP contribution in [0.1, 0.15) is 5.56 Å². The molecule has 1 aromatic carbocycles. The van der Waals surface area contributed by atoms with Gasteiger partial charge in [0.05, 0.1) is 10.6 Å². The highest BCUT2D eigenvalue weighted by Gasteiger charge is 2.20. The third kappa shape index (κ3) is 3.13. The smallest absolute Gasteiger partial charge is 0.168 e. The van der Waals surface area contributed by atoms with Gasteiger partial charge in [0.2, 0.25) is 0 Å². The van der Waals surface area contributed by atoms with Crippen LogP contribution in [0, 0.1) is 12.7 Å². The van der Waals surface area contributed by atoms with Crippen LogP contribution in [0.3, 0.4) is 0 Å². The van der Waals surface area contributed by atoms with Crippen LogP contribution in [0.2, 0.25) is 5.15 Å². The summed E-state index contributed by atoms with van der Waals surface area (Å²) in [6.45, 7) is 1.72. The van der Waals surface area contributed by atoms with Gasteiger partial charge >= 0.3 is 0 Å². The third-order valence-electron chi connectivity index (χ3n) is 4.23. The van der Waals surface area contributed by atoms with Gasteiger partial charge < -0.3 is 5.73 Å². The lowest BCUT2D eigenvalue weighted by Crippen LogP contribution is -1.98. The van der Waals surface area contributed by atoms with E-state index in [-0.39, 0.29) is 5.82 Å². The SMILES string of the molecule is CSc1cc(Cl)nn2c(-c3ccnc(N)c3)c(-c3ccc(F)c(C)c3)nc12. The van der Waals surface area contributed by atoms with Crippen molar-refractivity contribution < 1.29 is 4.39 Å². The summed E-state index contributed by atoms with van der Waals surface area (Å²) >= 11 is 7.76. The monoisotopic (exact) mass is 399 g/mol. The molecular formula is C19H15ClFN5S.